The van der Waals surface area contributed by atoms with Crippen molar-refractivity contribution in [2.24, 2.45) is 10.9 Å². The van der Waals surface area contributed by atoms with E-state index in [0.717, 1.165) is 0 Å². The van der Waals surface area contributed by atoms with Gasteiger partial charge in [0.2, 0.25) is 5.78 Å². The van der Waals surface area contributed by atoms with Crippen molar-refractivity contribution in [1.82, 2.24) is 0 Å². The minimum Gasteiger partial charge on any atom is -0.497 e. The molecule has 2 N–H and O–H groups in total. The average molecular weight is 384 g/mol. The first-order chi connectivity index (χ1) is 13.2. The number of carbonyl (C=O) groups excluding carboxylic acids is 2. The molecule has 2 aromatic carbocycles. The second kappa shape index (κ2) is 9.03. The van der Waals surface area contributed by atoms with Gasteiger partial charge in [-0.3, -0.25) is 4.79 Å². The zero-order valence-corrected chi connectivity index (χ0v) is 16.4. The van der Waals surface area contributed by atoms with E-state index in [1.165, 1.54) is 0 Å². The molecule has 7 heteroatoms. The Bertz CT molecular complexity index is 850. The highest BCUT2D eigenvalue weighted by molar-refractivity contribution is 6.51. The lowest BCUT2D eigenvalue weighted by Gasteiger charge is -2.19. The lowest BCUT2D eigenvalue weighted by atomic mass is 10.0. The molecule has 0 heterocycles. The molecule has 0 aromatic heterocycles. The number of ketones is 1. The lowest BCUT2D eigenvalue weighted by molar-refractivity contribution is -0.157. The summed E-state index contributed by atoms with van der Waals surface area (Å²) < 4.78 is 15.7. The summed E-state index contributed by atoms with van der Waals surface area (Å²) in [7, 11) is 1.55. The predicted octanol–water partition coefficient (Wildman–Crippen LogP) is 2.96. The largest absolute Gasteiger partial charge is 0.497 e. The Hall–Kier alpha value is -3.35. The van der Waals surface area contributed by atoms with Gasteiger partial charge in [-0.15, -0.1) is 0 Å². The molecule has 0 amide bonds. The van der Waals surface area contributed by atoms with Crippen LogP contribution in [0, 0.1) is 0 Å². The van der Waals surface area contributed by atoms with Crippen LogP contribution in [0.15, 0.2) is 53.6 Å². The summed E-state index contributed by atoms with van der Waals surface area (Å²) in [6.45, 7) is 5.15. The first kappa shape index (κ1) is 21.0. The molecule has 0 saturated heterocycles. The van der Waals surface area contributed by atoms with E-state index in [-0.39, 0.29) is 18.1 Å². The number of nitrogens with zero attached hydrogens (tertiary/aromatic N) is 1. The number of ether oxygens (including phenoxy) is 3. The number of benzene rings is 2. The SMILES string of the molecule is COc1ccc(C(=O)/C(=N/N)c2ccc(OCC(=O)OC(C)(C)C)cc2)cc1. The van der Waals surface area contributed by atoms with Gasteiger partial charge in [-0.25, -0.2) is 4.79 Å². The average Bonchev–Trinajstić information content (AvgIpc) is 2.66. The fourth-order valence-electron chi connectivity index (χ4n) is 2.37. The van der Waals surface area contributed by atoms with Crippen LogP contribution >= 0.6 is 0 Å². The maximum Gasteiger partial charge on any atom is 0.344 e. The van der Waals surface area contributed by atoms with E-state index in [2.05, 4.69) is 5.10 Å². The van der Waals surface area contributed by atoms with Crippen molar-refractivity contribution in [1.29, 1.82) is 0 Å². The number of nitrogens with two attached hydrogens (primary N) is 1. The van der Waals surface area contributed by atoms with E-state index in [1.54, 1.807) is 76.4 Å². The van der Waals surface area contributed by atoms with Crippen molar-refractivity contribution < 1.29 is 23.8 Å². The molecule has 0 atom stereocenters. The van der Waals surface area contributed by atoms with E-state index in [0.29, 0.717) is 22.6 Å². The summed E-state index contributed by atoms with van der Waals surface area (Å²) in [6.07, 6.45) is 0. The Morgan fingerprint density at radius 3 is 1.96 bits per heavy atom. The zero-order valence-electron chi connectivity index (χ0n) is 16.4. The zero-order chi connectivity index (χ0) is 20.7. The van der Waals surface area contributed by atoms with Gasteiger partial charge in [-0.2, -0.15) is 5.10 Å². The van der Waals surface area contributed by atoms with Crippen LogP contribution in [-0.4, -0.2) is 36.8 Å². The normalized spacial score (nSPS) is 11.6. The molecule has 28 heavy (non-hydrogen) atoms. The van der Waals surface area contributed by atoms with Crippen LogP contribution in [0.3, 0.4) is 0 Å². The molecule has 2 rings (SSSR count). The van der Waals surface area contributed by atoms with Crippen LogP contribution in [-0.2, 0) is 9.53 Å². The van der Waals surface area contributed by atoms with Gasteiger partial charge >= 0.3 is 5.97 Å². The number of Topliss-reactive ketones (excluding diaryl/α,β-unsaturated/α-hetero) is 1. The Morgan fingerprint density at radius 1 is 0.929 bits per heavy atom. The molecular weight excluding hydrogens is 360 g/mol. The number of rotatable bonds is 7. The van der Waals surface area contributed by atoms with Crippen molar-refractivity contribution in [3.63, 3.8) is 0 Å². The predicted molar refractivity (Wildman–Crippen MR) is 106 cm³/mol. The van der Waals surface area contributed by atoms with Crippen LogP contribution in [0.1, 0.15) is 36.7 Å². The summed E-state index contributed by atoms with van der Waals surface area (Å²) in [5.74, 6) is 5.78. The van der Waals surface area contributed by atoms with Gasteiger partial charge in [-0.1, -0.05) is 0 Å². The third kappa shape index (κ3) is 5.84. The summed E-state index contributed by atoms with van der Waals surface area (Å²) >= 11 is 0. The highest BCUT2D eigenvalue weighted by Crippen LogP contribution is 2.17. The Labute approximate surface area is 164 Å². The smallest absolute Gasteiger partial charge is 0.344 e. The summed E-state index contributed by atoms with van der Waals surface area (Å²) in [4.78, 5) is 24.4. The Balaban J connectivity index is 2.05. The monoisotopic (exact) mass is 384 g/mol. The molecule has 0 aliphatic rings. The molecule has 7 nitrogen and oxygen atoms in total. The molecule has 0 radical (unpaired) electrons. The molecule has 0 fully saturated rings. The van der Waals surface area contributed by atoms with Gasteiger partial charge in [0.25, 0.3) is 0 Å². The first-order valence-corrected chi connectivity index (χ1v) is 8.65. The van der Waals surface area contributed by atoms with Crippen molar-refractivity contribution in [2.45, 2.75) is 26.4 Å². The number of carbonyl (C=O) groups is 2. The molecule has 0 bridgehead atoms. The van der Waals surface area contributed by atoms with E-state index >= 15 is 0 Å². The van der Waals surface area contributed by atoms with Crippen molar-refractivity contribution in [3.05, 3.63) is 59.7 Å². The van der Waals surface area contributed by atoms with Gasteiger partial charge in [-0.05, 0) is 69.3 Å². The minimum atomic E-state index is -0.571. The molecule has 148 valence electrons. The second-order valence-corrected chi connectivity index (χ2v) is 6.93. The van der Waals surface area contributed by atoms with E-state index in [4.69, 9.17) is 20.1 Å². The maximum atomic E-state index is 12.7. The molecular formula is C21H24N2O5. The van der Waals surface area contributed by atoms with Crippen molar-refractivity contribution >= 4 is 17.5 Å². The third-order valence-electron chi connectivity index (χ3n) is 3.60. The highest BCUT2D eigenvalue weighted by atomic mass is 16.6. The minimum absolute atomic E-state index is 0.115. The van der Waals surface area contributed by atoms with E-state index in [9.17, 15) is 9.59 Å². The van der Waals surface area contributed by atoms with Gasteiger partial charge in [0.05, 0.1) is 7.11 Å². The first-order valence-electron chi connectivity index (χ1n) is 8.65. The van der Waals surface area contributed by atoms with Crippen molar-refractivity contribution in [2.75, 3.05) is 13.7 Å². The number of hydrogen-bond acceptors (Lipinski definition) is 7. The van der Waals surface area contributed by atoms with Gasteiger partial charge in [0.15, 0.2) is 6.61 Å². The topological polar surface area (TPSA) is 100 Å². The third-order valence-corrected chi connectivity index (χ3v) is 3.60. The Kier molecular flexibility index (Phi) is 6.76. The van der Waals surface area contributed by atoms with Gasteiger partial charge < -0.3 is 20.1 Å². The molecule has 2 aromatic rings. The highest BCUT2D eigenvalue weighted by Gasteiger charge is 2.18. The molecule has 0 unspecified atom stereocenters. The van der Waals surface area contributed by atoms with Crippen LogP contribution in [0.5, 0.6) is 11.5 Å². The quantitative estimate of drug-likeness (QED) is 0.259. The summed E-state index contributed by atoms with van der Waals surface area (Å²) in [5, 5.41) is 3.64. The number of methoxy groups -OCH3 is 1. The van der Waals surface area contributed by atoms with Crippen LogP contribution in [0.2, 0.25) is 0 Å². The van der Waals surface area contributed by atoms with Gasteiger partial charge in [0, 0.05) is 11.1 Å². The number of hydrogen-bond donors (Lipinski definition) is 1. The Morgan fingerprint density at radius 2 is 1.46 bits per heavy atom. The number of hydrazone groups is 1. The van der Waals surface area contributed by atoms with Gasteiger partial charge in [0.1, 0.15) is 22.8 Å². The molecule has 0 spiro atoms. The lowest BCUT2D eigenvalue weighted by Crippen LogP contribution is -2.27. The maximum absolute atomic E-state index is 12.7. The van der Waals surface area contributed by atoms with Crippen LogP contribution in [0.4, 0.5) is 0 Å². The van der Waals surface area contributed by atoms with Crippen LogP contribution in [0.25, 0.3) is 0 Å². The van der Waals surface area contributed by atoms with Crippen LogP contribution < -0.4 is 15.3 Å². The summed E-state index contributed by atoms with van der Waals surface area (Å²) in [5.41, 5.74) is 0.519. The number of esters is 1. The molecule has 0 aliphatic heterocycles. The van der Waals surface area contributed by atoms with E-state index in [1.807, 2.05) is 0 Å². The molecule has 0 saturated carbocycles. The molecule has 0 aliphatic carbocycles. The second-order valence-electron chi connectivity index (χ2n) is 6.93. The van der Waals surface area contributed by atoms with Crippen molar-refractivity contribution in [3.8, 4) is 11.5 Å². The summed E-state index contributed by atoms with van der Waals surface area (Å²) in [6, 6.07) is 13.2. The fraction of sp³-hybridized carbons (Fsp3) is 0.286. The standard InChI is InChI=1S/C21H24N2O5/c1-21(2,3)28-18(24)13-27-17-11-5-14(6-12-17)19(23-22)20(25)15-7-9-16(26-4)10-8-15/h5-12H,13,22H2,1-4H3/b23-19+. The fourth-order valence-corrected chi connectivity index (χ4v) is 2.37. The van der Waals surface area contributed by atoms with E-state index < -0.39 is 11.6 Å².